The molecule has 1 N–H and O–H groups in total. The summed E-state index contributed by atoms with van der Waals surface area (Å²) in [6.07, 6.45) is 0.761. The van der Waals surface area contributed by atoms with Crippen molar-refractivity contribution in [1.82, 2.24) is 9.80 Å². The van der Waals surface area contributed by atoms with Crippen LogP contribution in [0.2, 0.25) is 0 Å². The van der Waals surface area contributed by atoms with Crippen LogP contribution in [-0.2, 0) is 19.5 Å². The van der Waals surface area contributed by atoms with E-state index in [0.29, 0.717) is 0 Å². The van der Waals surface area contributed by atoms with Gasteiger partial charge < -0.3 is 10.0 Å². The second kappa shape index (κ2) is 8.31. The SMILES string of the molecule is CN1CCN(CC(O)CN2CCc3ccccc3C2)Cc2ccc(Br)cc21. The summed E-state index contributed by atoms with van der Waals surface area (Å²) in [5.41, 5.74) is 5.49. The lowest BCUT2D eigenvalue weighted by Gasteiger charge is -2.32. The van der Waals surface area contributed by atoms with E-state index in [1.165, 1.54) is 22.4 Å². The molecule has 1 unspecified atom stereocenters. The number of fused-ring (bicyclic) bond motifs is 2. The normalized spacial score (nSPS) is 19.3. The molecule has 1 atom stereocenters. The number of anilines is 1. The van der Waals surface area contributed by atoms with E-state index in [2.05, 4.69) is 80.1 Å². The van der Waals surface area contributed by atoms with Crippen molar-refractivity contribution in [3.8, 4) is 0 Å². The third kappa shape index (κ3) is 4.54. The number of rotatable bonds is 4. The van der Waals surface area contributed by atoms with Crippen molar-refractivity contribution in [3.63, 3.8) is 0 Å². The van der Waals surface area contributed by atoms with Crippen molar-refractivity contribution in [3.05, 3.63) is 63.6 Å². The molecule has 4 nitrogen and oxygen atoms in total. The van der Waals surface area contributed by atoms with Crippen molar-refractivity contribution in [2.45, 2.75) is 25.6 Å². The third-order valence-corrected chi connectivity index (χ3v) is 6.25. The van der Waals surface area contributed by atoms with Crippen molar-refractivity contribution < 1.29 is 5.11 Å². The lowest BCUT2D eigenvalue weighted by Crippen LogP contribution is -2.42. The van der Waals surface area contributed by atoms with Crippen LogP contribution >= 0.6 is 15.9 Å². The van der Waals surface area contributed by atoms with E-state index in [9.17, 15) is 5.11 Å². The Kier molecular flexibility index (Phi) is 5.83. The smallest absolute Gasteiger partial charge is 0.0794 e. The fourth-order valence-corrected chi connectivity index (χ4v) is 4.63. The maximum atomic E-state index is 10.7. The molecule has 2 aromatic rings. The molecule has 0 radical (unpaired) electrons. The van der Waals surface area contributed by atoms with E-state index in [1.54, 1.807) is 0 Å². The van der Waals surface area contributed by atoms with Gasteiger partial charge in [-0.25, -0.2) is 0 Å². The zero-order chi connectivity index (χ0) is 18.8. The van der Waals surface area contributed by atoms with Gasteiger partial charge in [0, 0.05) is 63.0 Å². The molecule has 0 bridgehead atoms. The van der Waals surface area contributed by atoms with Crippen LogP contribution in [0, 0.1) is 0 Å². The van der Waals surface area contributed by atoms with Gasteiger partial charge in [-0.2, -0.15) is 0 Å². The average Bonchev–Trinajstić information content (AvgIpc) is 2.81. The van der Waals surface area contributed by atoms with Crippen LogP contribution in [0.5, 0.6) is 0 Å². The first-order valence-electron chi connectivity index (χ1n) is 9.77. The van der Waals surface area contributed by atoms with Gasteiger partial charge >= 0.3 is 0 Å². The van der Waals surface area contributed by atoms with E-state index >= 15 is 0 Å². The second-order valence-corrected chi connectivity index (χ2v) is 8.75. The summed E-state index contributed by atoms with van der Waals surface area (Å²) in [6, 6.07) is 15.2. The van der Waals surface area contributed by atoms with Crippen LogP contribution in [0.1, 0.15) is 16.7 Å². The summed E-state index contributed by atoms with van der Waals surface area (Å²) in [5, 5.41) is 10.7. The number of aliphatic hydroxyl groups is 1. The van der Waals surface area contributed by atoms with E-state index < -0.39 is 0 Å². The Bertz CT molecular complexity index is 797. The molecule has 144 valence electrons. The lowest BCUT2D eigenvalue weighted by atomic mass is 10.00. The third-order valence-electron chi connectivity index (χ3n) is 5.75. The summed E-state index contributed by atoms with van der Waals surface area (Å²) in [6.45, 7) is 6.30. The summed E-state index contributed by atoms with van der Waals surface area (Å²) >= 11 is 3.58. The first-order chi connectivity index (χ1) is 13.1. The van der Waals surface area contributed by atoms with Crippen LogP contribution in [-0.4, -0.2) is 60.8 Å². The summed E-state index contributed by atoms with van der Waals surface area (Å²) in [5.74, 6) is 0. The van der Waals surface area contributed by atoms with E-state index in [1.807, 2.05) is 0 Å². The van der Waals surface area contributed by atoms with Gasteiger partial charge in [-0.05, 0) is 35.2 Å². The first kappa shape index (κ1) is 18.9. The Morgan fingerprint density at radius 3 is 2.44 bits per heavy atom. The minimum absolute atomic E-state index is 0.322. The van der Waals surface area contributed by atoms with E-state index in [4.69, 9.17) is 0 Å². The topological polar surface area (TPSA) is 30.0 Å². The molecule has 2 heterocycles. The molecule has 0 saturated carbocycles. The molecule has 0 spiro atoms. The van der Waals surface area contributed by atoms with Crippen molar-refractivity contribution in [2.24, 2.45) is 0 Å². The number of aliphatic hydroxyl groups excluding tert-OH is 1. The van der Waals surface area contributed by atoms with Crippen LogP contribution in [0.15, 0.2) is 46.9 Å². The molecule has 0 amide bonds. The molecule has 0 saturated heterocycles. The quantitative estimate of drug-likeness (QED) is 0.808. The standard InChI is InChI=1S/C22H28BrN3O/c1-24-10-11-26(14-19-6-7-20(23)12-22(19)24)16-21(27)15-25-9-8-17-4-2-3-5-18(17)13-25/h2-7,12,21,27H,8-11,13-16H2,1H3. The molecule has 27 heavy (non-hydrogen) atoms. The fourth-order valence-electron chi connectivity index (χ4n) is 4.28. The van der Waals surface area contributed by atoms with Crippen molar-refractivity contribution in [1.29, 1.82) is 0 Å². The first-order valence-corrected chi connectivity index (χ1v) is 10.6. The molecular weight excluding hydrogens is 402 g/mol. The minimum Gasteiger partial charge on any atom is -0.390 e. The molecule has 4 rings (SSSR count). The van der Waals surface area contributed by atoms with Gasteiger partial charge in [0.2, 0.25) is 0 Å². The van der Waals surface area contributed by atoms with Crippen LogP contribution in [0.4, 0.5) is 5.69 Å². The fraction of sp³-hybridized carbons (Fsp3) is 0.455. The summed E-state index contributed by atoms with van der Waals surface area (Å²) in [4.78, 5) is 7.09. The van der Waals surface area contributed by atoms with Crippen LogP contribution in [0.25, 0.3) is 0 Å². The molecule has 2 aliphatic heterocycles. The number of halogens is 1. The predicted molar refractivity (Wildman–Crippen MR) is 114 cm³/mol. The monoisotopic (exact) mass is 429 g/mol. The molecule has 0 aliphatic carbocycles. The number of likely N-dealkylation sites (N-methyl/N-ethyl adjacent to an activating group) is 1. The molecule has 2 aromatic carbocycles. The summed E-state index contributed by atoms with van der Waals surface area (Å²) in [7, 11) is 2.15. The zero-order valence-corrected chi connectivity index (χ0v) is 17.5. The van der Waals surface area contributed by atoms with Gasteiger partial charge in [0.1, 0.15) is 0 Å². The van der Waals surface area contributed by atoms with Gasteiger partial charge in [0.15, 0.2) is 0 Å². The Labute approximate surface area is 170 Å². The lowest BCUT2D eigenvalue weighted by molar-refractivity contribution is 0.0682. The molecule has 0 aromatic heterocycles. The van der Waals surface area contributed by atoms with Gasteiger partial charge in [0.05, 0.1) is 6.10 Å². The highest BCUT2D eigenvalue weighted by Crippen LogP contribution is 2.28. The van der Waals surface area contributed by atoms with E-state index in [-0.39, 0.29) is 6.10 Å². The van der Waals surface area contributed by atoms with Gasteiger partial charge in [0.25, 0.3) is 0 Å². The van der Waals surface area contributed by atoms with Gasteiger partial charge in [-0.3, -0.25) is 9.80 Å². The maximum Gasteiger partial charge on any atom is 0.0794 e. The molecule has 0 fully saturated rings. The average molecular weight is 430 g/mol. The Morgan fingerprint density at radius 1 is 0.926 bits per heavy atom. The number of hydrogen-bond acceptors (Lipinski definition) is 4. The van der Waals surface area contributed by atoms with Gasteiger partial charge in [-0.1, -0.05) is 46.3 Å². The van der Waals surface area contributed by atoms with Gasteiger partial charge in [-0.15, -0.1) is 0 Å². The van der Waals surface area contributed by atoms with Crippen LogP contribution < -0.4 is 4.90 Å². The van der Waals surface area contributed by atoms with E-state index in [0.717, 1.165) is 56.7 Å². The second-order valence-electron chi connectivity index (χ2n) is 7.84. The number of hydrogen-bond donors (Lipinski definition) is 1. The highest BCUT2D eigenvalue weighted by Gasteiger charge is 2.22. The molecule has 5 heteroatoms. The highest BCUT2D eigenvalue weighted by atomic mass is 79.9. The van der Waals surface area contributed by atoms with Crippen molar-refractivity contribution >= 4 is 21.6 Å². The highest BCUT2D eigenvalue weighted by molar-refractivity contribution is 9.10. The molecule has 2 aliphatic rings. The number of nitrogens with zero attached hydrogens (tertiary/aromatic N) is 3. The summed E-state index contributed by atoms with van der Waals surface area (Å²) < 4.78 is 1.12. The zero-order valence-electron chi connectivity index (χ0n) is 15.9. The Hall–Kier alpha value is -1.40. The maximum absolute atomic E-state index is 10.7. The number of β-amino-alcohol motifs (C(OH)–C–C–N with tert-alkyl or cyclic N) is 1. The Balaban J connectivity index is 1.36. The van der Waals surface area contributed by atoms with Crippen LogP contribution in [0.3, 0.4) is 0 Å². The predicted octanol–water partition coefficient (Wildman–Crippen LogP) is 3.12. The minimum atomic E-state index is -0.322. The van der Waals surface area contributed by atoms with Crippen molar-refractivity contribution in [2.75, 3.05) is 44.7 Å². The Morgan fingerprint density at radius 2 is 1.63 bits per heavy atom. The molecular formula is C22H28BrN3O. The number of benzene rings is 2. The largest absolute Gasteiger partial charge is 0.390 e.